The Labute approximate surface area is 144 Å². The van der Waals surface area contributed by atoms with Crippen LogP contribution in [0.5, 0.6) is 0 Å². The van der Waals surface area contributed by atoms with Crippen molar-refractivity contribution >= 4 is 5.91 Å². The zero-order chi connectivity index (χ0) is 16.9. The van der Waals surface area contributed by atoms with Gasteiger partial charge in [0.25, 0.3) is 0 Å². The highest BCUT2D eigenvalue weighted by Crippen LogP contribution is 2.70. The van der Waals surface area contributed by atoms with Crippen molar-refractivity contribution in [3.63, 3.8) is 0 Å². The molecule has 2 aliphatic heterocycles. The van der Waals surface area contributed by atoms with Gasteiger partial charge in [-0.05, 0) is 37.0 Å². The number of amides is 1. The Morgan fingerprint density at radius 1 is 1.12 bits per heavy atom. The van der Waals surface area contributed by atoms with Gasteiger partial charge < -0.3 is 9.64 Å². The van der Waals surface area contributed by atoms with Gasteiger partial charge in [0, 0.05) is 17.9 Å². The molecule has 3 nitrogen and oxygen atoms in total. The molecule has 5 aliphatic rings. The van der Waals surface area contributed by atoms with E-state index >= 15 is 0 Å². The largest absolute Gasteiger partial charge is 0.343 e. The minimum absolute atomic E-state index is 0.0426. The van der Waals surface area contributed by atoms with Crippen LogP contribution in [-0.4, -0.2) is 22.4 Å². The molecule has 1 aromatic carbocycles. The molecular weight excluding hydrogens is 298 g/mol. The summed E-state index contributed by atoms with van der Waals surface area (Å²) < 4.78 is 6.98. The van der Waals surface area contributed by atoms with Gasteiger partial charge in [0.15, 0.2) is 5.72 Å². The molecule has 6 atom stereocenters. The summed E-state index contributed by atoms with van der Waals surface area (Å²) in [6, 6.07) is 10.7. The Bertz CT molecular complexity index is 714. The van der Waals surface area contributed by atoms with Crippen molar-refractivity contribution in [1.82, 2.24) is 4.90 Å². The summed E-state index contributed by atoms with van der Waals surface area (Å²) in [6.07, 6.45) is 3.12. The third-order valence-corrected chi connectivity index (χ3v) is 7.89. The van der Waals surface area contributed by atoms with E-state index in [2.05, 4.69) is 56.9 Å². The summed E-state index contributed by atoms with van der Waals surface area (Å²) in [4.78, 5) is 15.2. The van der Waals surface area contributed by atoms with E-state index in [1.54, 1.807) is 0 Å². The van der Waals surface area contributed by atoms with Crippen LogP contribution in [-0.2, 0) is 15.3 Å². The Balaban J connectivity index is 1.66. The molecule has 3 aliphatic carbocycles. The number of carbonyl (C=O) groups excluding carboxylic acids is 1. The lowest BCUT2D eigenvalue weighted by Crippen LogP contribution is -2.67. The highest BCUT2D eigenvalue weighted by Gasteiger charge is 2.74. The van der Waals surface area contributed by atoms with E-state index < -0.39 is 5.72 Å². The number of carbonyl (C=O) groups is 1. The van der Waals surface area contributed by atoms with Gasteiger partial charge in [0.2, 0.25) is 5.91 Å². The van der Waals surface area contributed by atoms with Crippen LogP contribution in [0.3, 0.4) is 0 Å². The Morgan fingerprint density at radius 3 is 2.50 bits per heavy atom. The van der Waals surface area contributed by atoms with Gasteiger partial charge in [-0.25, -0.2) is 0 Å². The van der Waals surface area contributed by atoms with Crippen molar-refractivity contribution in [2.24, 2.45) is 23.2 Å². The summed E-state index contributed by atoms with van der Waals surface area (Å²) in [7, 11) is 0. The number of benzene rings is 1. The average molecular weight is 325 g/mol. The second kappa shape index (κ2) is 4.24. The number of fused-ring (bicyclic) bond motifs is 1. The normalized spacial score (nSPS) is 48.0. The molecule has 2 saturated heterocycles. The van der Waals surface area contributed by atoms with Crippen LogP contribution in [0.1, 0.15) is 52.5 Å². The molecule has 3 heteroatoms. The first-order valence-corrected chi connectivity index (χ1v) is 9.39. The molecule has 0 aromatic heterocycles. The lowest BCUT2D eigenvalue weighted by molar-refractivity contribution is -0.229. The molecule has 128 valence electrons. The van der Waals surface area contributed by atoms with Crippen molar-refractivity contribution in [2.75, 3.05) is 0 Å². The summed E-state index contributed by atoms with van der Waals surface area (Å²) in [5.74, 6) is 1.59. The predicted octanol–water partition coefficient (Wildman–Crippen LogP) is 3.93. The summed E-state index contributed by atoms with van der Waals surface area (Å²) >= 11 is 0. The molecule has 2 heterocycles. The van der Waals surface area contributed by atoms with Crippen molar-refractivity contribution in [2.45, 2.75) is 64.3 Å². The summed E-state index contributed by atoms with van der Waals surface area (Å²) in [5.41, 5.74) is 0.708. The van der Waals surface area contributed by atoms with Gasteiger partial charge in [0.1, 0.15) is 0 Å². The van der Waals surface area contributed by atoms with Crippen LogP contribution >= 0.6 is 0 Å². The Kier molecular flexibility index (Phi) is 2.64. The van der Waals surface area contributed by atoms with Crippen molar-refractivity contribution < 1.29 is 9.53 Å². The molecule has 0 spiro atoms. The van der Waals surface area contributed by atoms with E-state index in [-0.39, 0.29) is 23.5 Å². The molecule has 0 N–H and O–H groups in total. The lowest BCUT2D eigenvalue weighted by Gasteiger charge is -2.64. The molecule has 2 bridgehead atoms. The van der Waals surface area contributed by atoms with Crippen molar-refractivity contribution in [3.8, 4) is 0 Å². The fourth-order valence-corrected chi connectivity index (χ4v) is 6.52. The van der Waals surface area contributed by atoms with Gasteiger partial charge in [-0.2, -0.15) is 0 Å². The first-order chi connectivity index (χ1) is 11.3. The third-order valence-electron chi connectivity index (χ3n) is 7.89. The Hall–Kier alpha value is -1.35. The molecule has 24 heavy (non-hydrogen) atoms. The second-order valence-corrected chi connectivity index (χ2v) is 9.31. The van der Waals surface area contributed by atoms with Crippen LogP contribution in [0.25, 0.3) is 0 Å². The lowest BCUT2D eigenvalue weighted by atomic mass is 9.43. The van der Waals surface area contributed by atoms with E-state index in [9.17, 15) is 4.79 Å². The minimum atomic E-state index is -0.551. The monoisotopic (exact) mass is 325 g/mol. The molecule has 0 radical (unpaired) electrons. The van der Waals surface area contributed by atoms with Gasteiger partial charge >= 0.3 is 0 Å². The third kappa shape index (κ3) is 1.47. The van der Waals surface area contributed by atoms with Gasteiger partial charge in [-0.15, -0.1) is 0 Å². The van der Waals surface area contributed by atoms with Crippen molar-refractivity contribution in [3.05, 3.63) is 35.9 Å². The van der Waals surface area contributed by atoms with Crippen LogP contribution in [0, 0.1) is 23.2 Å². The van der Waals surface area contributed by atoms with Gasteiger partial charge in [0.05, 0.1) is 11.6 Å². The molecule has 1 aromatic rings. The average Bonchev–Trinajstić information content (AvgIpc) is 2.96. The maximum Gasteiger partial charge on any atom is 0.228 e. The van der Waals surface area contributed by atoms with E-state index in [0.717, 1.165) is 24.3 Å². The second-order valence-electron chi connectivity index (χ2n) is 9.31. The molecule has 0 unspecified atom stereocenters. The molecule has 6 rings (SSSR count). The first-order valence-electron chi connectivity index (χ1n) is 9.39. The number of rotatable bonds is 1. The topological polar surface area (TPSA) is 29.5 Å². The highest BCUT2D eigenvalue weighted by atomic mass is 16.6. The van der Waals surface area contributed by atoms with Gasteiger partial charge in [-0.1, -0.05) is 51.1 Å². The molecule has 5 fully saturated rings. The van der Waals surface area contributed by atoms with E-state index in [0.29, 0.717) is 11.3 Å². The van der Waals surface area contributed by atoms with E-state index in [1.165, 1.54) is 6.42 Å². The van der Waals surface area contributed by atoms with Crippen LogP contribution in [0.2, 0.25) is 0 Å². The molecule has 1 amide bonds. The van der Waals surface area contributed by atoms with E-state index in [4.69, 9.17) is 4.74 Å². The van der Waals surface area contributed by atoms with E-state index in [1.807, 2.05) is 6.07 Å². The highest BCUT2D eigenvalue weighted by molar-refractivity contribution is 5.83. The maximum atomic E-state index is 13.1. The smallest absolute Gasteiger partial charge is 0.228 e. The molecule has 3 saturated carbocycles. The zero-order valence-corrected chi connectivity index (χ0v) is 15.1. The maximum absolute atomic E-state index is 13.1. The quantitative estimate of drug-likeness (QED) is 0.783. The minimum Gasteiger partial charge on any atom is -0.343 e. The molecular formula is C21H27NO2. The van der Waals surface area contributed by atoms with Crippen LogP contribution < -0.4 is 0 Å². The number of ether oxygens (including phenoxy) is 1. The Morgan fingerprint density at radius 2 is 1.83 bits per heavy atom. The van der Waals surface area contributed by atoms with Crippen LogP contribution in [0.4, 0.5) is 0 Å². The number of nitrogens with zero attached hydrogens (tertiary/aromatic N) is 1. The standard InChI is InChI=1S/C21H27NO2/c1-13-12-21(14-8-6-5-7-9-14)22(18(13)23)17-11-15-10-16(19(15,2)3)20(17,4)24-21/h5-9,13,15-17H,10-12H2,1-4H3/t13-,15-,16-,17+,20-,21+/m1/s1. The van der Waals surface area contributed by atoms with Crippen molar-refractivity contribution in [1.29, 1.82) is 0 Å². The summed E-state index contributed by atoms with van der Waals surface area (Å²) in [6.45, 7) is 9.11. The first kappa shape index (κ1) is 14.9. The fourth-order valence-electron chi connectivity index (χ4n) is 6.52. The zero-order valence-electron chi connectivity index (χ0n) is 15.1. The summed E-state index contributed by atoms with van der Waals surface area (Å²) in [5, 5.41) is 0. The van der Waals surface area contributed by atoms with Gasteiger partial charge in [-0.3, -0.25) is 4.79 Å². The SMILES string of the molecule is C[C@@H]1C[C@@]2(c3ccccc3)O[C@@]3(C)[C@H](C[C@H]4C[C@@H]3C4(C)C)N2C1=O. The number of hydrogen-bond donors (Lipinski definition) is 0. The van der Waals surface area contributed by atoms with Crippen LogP contribution in [0.15, 0.2) is 30.3 Å². The fraction of sp³-hybridized carbons (Fsp3) is 0.667. The number of hydrogen-bond acceptors (Lipinski definition) is 2. The predicted molar refractivity (Wildman–Crippen MR) is 92.0 cm³/mol.